The van der Waals surface area contributed by atoms with E-state index in [4.69, 9.17) is 18.5 Å². The van der Waals surface area contributed by atoms with Gasteiger partial charge >= 0.3 is 12.9 Å². The van der Waals surface area contributed by atoms with Crippen molar-refractivity contribution in [3.63, 3.8) is 0 Å². The Balaban J connectivity index is 1.44. The molecule has 2 aromatic carbocycles. The van der Waals surface area contributed by atoms with Crippen molar-refractivity contribution >= 4 is 23.7 Å². The summed E-state index contributed by atoms with van der Waals surface area (Å²) in [6.07, 6.45) is 3.26. The molecule has 0 N–H and O–H groups in total. The highest BCUT2D eigenvalue weighted by Gasteiger charge is 2.38. The second-order valence-corrected chi connectivity index (χ2v) is 8.88. The quantitative estimate of drug-likeness (QED) is 0.622. The molecule has 2 aliphatic heterocycles. The third kappa shape index (κ3) is 3.85. The minimum absolute atomic E-state index is 0.323. The standard InChI is InChI=1S/C23H26BNO5/c1-23(2)15-28-24(30-23)18-5-8-21-20(14-18)25(22(26)29-21)19-6-3-16(4-7-19)13-17-9-11-27-12-10-17/h3-8,14,17H,9-13,15H2,1-2H3. The van der Waals surface area contributed by atoms with E-state index in [2.05, 4.69) is 12.1 Å². The van der Waals surface area contributed by atoms with E-state index in [1.54, 1.807) is 10.6 Å². The zero-order chi connectivity index (χ0) is 20.7. The largest absolute Gasteiger partial charge is 0.494 e. The fourth-order valence-corrected chi connectivity index (χ4v) is 4.29. The lowest BCUT2D eigenvalue weighted by Crippen LogP contribution is -2.34. The summed E-state index contributed by atoms with van der Waals surface area (Å²) in [6.45, 7) is 6.24. The van der Waals surface area contributed by atoms with Gasteiger partial charge in [0.25, 0.3) is 0 Å². The third-order valence-corrected chi connectivity index (χ3v) is 5.94. The molecule has 156 valence electrons. The fraction of sp³-hybridized carbons (Fsp3) is 0.435. The average molecular weight is 407 g/mol. The highest BCUT2D eigenvalue weighted by molar-refractivity contribution is 6.62. The molecule has 7 heteroatoms. The van der Waals surface area contributed by atoms with E-state index in [-0.39, 0.29) is 5.60 Å². The highest BCUT2D eigenvalue weighted by Crippen LogP contribution is 2.23. The molecule has 0 bridgehead atoms. The first-order valence-corrected chi connectivity index (χ1v) is 10.6. The lowest BCUT2D eigenvalue weighted by atomic mass is 9.79. The molecule has 0 spiro atoms. The van der Waals surface area contributed by atoms with Crippen LogP contribution in [-0.2, 0) is 20.5 Å². The van der Waals surface area contributed by atoms with Gasteiger partial charge in [-0.3, -0.25) is 0 Å². The van der Waals surface area contributed by atoms with Crippen LogP contribution in [0.2, 0.25) is 0 Å². The number of hydrogen-bond acceptors (Lipinski definition) is 5. The van der Waals surface area contributed by atoms with E-state index >= 15 is 0 Å². The zero-order valence-electron chi connectivity index (χ0n) is 17.4. The summed E-state index contributed by atoms with van der Waals surface area (Å²) in [7, 11) is -0.440. The maximum Gasteiger partial charge on any atom is 0.494 e. The second kappa shape index (κ2) is 7.73. The minimum Gasteiger partial charge on any atom is -0.407 e. The van der Waals surface area contributed by atoms with Crippen molar-refractivity contribution in [2.45, 2.75) is 38.7 Å². The maximum atomic E-state index is 12.6. The molecule has 0 amide bonds. The number of aromatic nitrogens is 1. The van der Waals surface area contributed by atoms with Gasteiger partial charge in [-0.1, -0.05) is 18.2 Å². The minimum atomic E-state index is -0.440. The summed E-state index contributed by atoms with van der Waals surface area (Å²) in [6, 6.07) is 13.8. The number of nitrogens with zero attached hydrogens (tertiary/aromatic N) is 1. The van der Waals surface area contributed by atoms with Gasteiger partial charge in [0.2, 0.25) is 0 Å². The lowest BCUT2D eigenvalue weighted by molar-refractivity contribution is 0.0665. The Bertz CT molecular complexity index is 1090. The summed E-state index contributed by atoms with van der Waals surface area (Å²) in [5.74, 6) is 0.271. The van der Waals surface area contributed by atoms with Crippen molar-refractivity contribution in [3.05, 3.63) is 58.6 Å². The number of rotatable bonds is 4. The molecule has 6 nitrogen and oxygen atoms in total. The molecule has 3 heterocycles. The van der Waals surface area contributed by atoms with Crippen molar-refractivity contribution in [1.82, 2.24) is 4.57 Å². The van der Waals surface area contributed by atoms with Crippen LogP contribution >= 0.6 is 0 Å². The molecule has 2 aliphatic rings. The van der Waals surface area contributed by atoms with Crippen LogP contribution in [0.5, 0.6) is 0 Å². The molecule has 0 radical (unpaired) electrons. The molecule has 5 rings (SSSR count). The van der Waals surface area contributed by atoms with Gasteiger partial charge in [0.1, 0.15) is 0 Å². The van der Waals surface area contributed by atoms with E-state index in [9.17, 15) is 4.79 Å². The molecule has 0 saturated carbocycles. The zero-order valence-corrected chi connectivity index (χ0v) is 17.4. The first kappa shape index (κ1) is 19.6. The van der Waals surface area contributed by atoms with Crippen molar-refractivity contribution in [2.24, 2.45) is 5.92 Å². The molecule has 0 unspecified atom stereocenters. The fourth-order valence-electron chi connectivity index (χ4n) is 4.29. The van der Waals surface area contributed by atoms with Crippen LogP contribution in [0.3, 0.4) is 0 Å². The molecule has 2 fully saturated rings. The van der Waals surface area contributed by atoms with Gasteiger partial charge in [0, 0.05) is 13.2 Å². The first-order valence-electron chi connectivity index (χ1n) is 10.6. The SMILES string of the molecule is CC1(C)COB(c2ccc3oc(=O)n(-c4ccc(CC5CCOCC5)cc4)c3c2)O1. The smallest absolute Gasteiger partial charge is 0.407 e. The highest BCUT2D eigenvalue weighted by atomic mass is 16.7. The molecule has 0 atom stereocenters. The Morgan fingerprint density at radius 2 is 1.87 bits per heavy atom. The summed E-state index contributed by atoms with van der Waals surface area (Å²) in [5, 5.41) is 0. The molecule has 3 aromatic rings. The predicted molar refractivity (Wildman–Crippen MR) is 116 cm³/mol. The number of benzene rings is 2. The van der Waals surface area contributed by atoms with E-state index in [1.807, 2.05) is 38.1 Å². The number of fused-ring (bicyclic) bond motifs is 1. The van der Waals surface area contributed by atoms with E-state index in [0.717, 1.165) is 43.6 Å². The van der Waals surface area contributed by atoms with Crippen LogP contribution in [0.15, 0.2) is 51.7 Å². The van der Waals surface area contributed by atoms with Crippen LogP contribution in [-0.4, -0.2) is 37.1 Å². The Labute approximate surface area is 175 Å². The van der Waals surface area contributed by atoms with Crippen molar-refractivity contribution in [3.8, 4) is 5.69 Å². The monoisotopic (exact) mass is 407 g/mol. The van der Waals surface area contributed by atoms with Crippen molar-refractivity contribution < 1.29 is 18.5 Å². The molecular formula is C23H26BNO5. The topological polar surface area (TPSA) is 62.8 Å². The molecule has 2 saturated heterocycles. The lowest BCUT2D eigenvalue weighted by Gasteiger charge is -2.22. The molecular weight excluding hydrogens is 381 g/mol. The first-order chi connectivity index (χ1) is 14.5. The van der Waals surface area contributed by atoms with Crippen LogP contribution in [0.4, 0.5) is 0 Å². The molecule has 0 aliphatic carbocycles. The normalized spacial score (nSPS) is 19.6. The van der Waals surface area contributed by atoms with E-state index in [1.165, 1.54) is 5.56 Å². The van der Waals surface area contributed by atoms with Crippen molar-refractivity contribution in [1.29, 1.82) is 0 Å². The Morgan fingerprint density at radius 3 is 2.57 bits per heavy atom. The number of ether oxygens (including phenoxy) is 1. The summed E-state index contributed by atoms with van der Waals surface area (Å²) >= 11 is 0. The average Bonchev–Trinajstić information content (AvgIpc) is 3.27. The summed E-state index contributed by atoms with van der Waals surface area (Å²) in [5.41, 5.74) is 3.88. The van der Waals surface area contributed by atoms with Crippen LogP contribution in [0.1, 0.15) is 32.3 Å². The second-order valence-electron chi connectivity index (χ2n) is 8.88. The van der Waals surface area contributed by atoms with Gasteiger partial charge < -0.3 is 18.5 Å². The van der Waals surface area contributed by atoms with Gasteiger partial charge in [-0.2, -0.15) is 0 Å². The summed E-state index contributed by atoms with van der Waals surface area (Å²) < 4.78 is 24.3. The Kier molecular flexibility index (Phi) is 5.05. The number of hydrogen-bond donors (Lipinski definition) is 0. The molecule has 30 heavy (non-hydrogen) atoms. The van der Waals surface area contributed by atoms with Gasteiger partial charge in [-0.15, -0.1) is 0 Å². The maximum absolute atomic E-state index is 12.6. The van der Waals surface area contributed by atoms with Crippen LogP contribution in [0, 0.1) is 5.92 Å². The number of oxazole rings is 1. The predicted octanol–water partition coefficient (Wildman–Crippen LogP) is 3.07. The Hall–Kier alpha value is -2.35. The van der Waals surface area contributed by atoms with E-state index in [0.29, 0.717) is 23.6 Å². The summed E-state index contributed by atoms with van der Waals surface area (Å²) in [4.78, 5) is 12.6. The van der Waals surface area contributed by atoms with E-state index < -0.39 is 12.9 Å². The van der Waals surface area contributed by atoms with Crippen LogP contribution in [0.25, 0.3) is 16.8 Å². The molecule has 1 aromatic heterocycles. The van der Waals surface area contributed by atoms with Gasteiger partial charge in [-0.25, -0.2) is 9.36 Å². The van der Waals surface area contributed by atoms with Gasteiger partial charge in [0.05, 0.1) is 23.4 Å². The third-order valence-electron chi connectivity index (χ3n) is 5.94. The van der Waals surface area contributed by atoms with Gasteiger partial charge in [-0.05, 0) is 74.3 Å². The van der Waals surface area contributed by atoms with Gasteiger partial charge in [0.15, 0.2) is 5.58 Å². The van der Waals surface area contributed by atoms with Crippen molar-refractivity contribution in [2.75, 3.05) is 19.8 Å². The van der Waals surface area contributed by atoms with Crippen LogP contribution < -0.4 is 11.2 Å². The Morgan fingerprint density at radius 1 is 1.10 bits per heavy atom.